The SMILES string of the molecule is COCC12CCN(C(=O)CCC(C)C)CC1CN(C(C)=O)C2. The molecule has 2 aliphatic rings. The maximum absolute atomic E-state index is 12.4. The van der Waals surface area contributed by atoms with Crippen LogP contribution in [0.4, 0.5) is 0 Å². The van der Waals surface area contributed by atoms with E-state index in [-0.39, 0.29) is 17.2 Å². The van der Waals surface area contributed by atoms with Gasteiger partial charge in [0.1, 0.15) is 0 Å². The van der Waals surface area contributed by atoms with Crippen LogP contribution < -0.4 is 0 Å². The van der Waals surface area contributed by atoms with Gasteiger partial charge in [0.2, 0.25) is 11.8 Å². The molecule has 0 N–H and O–H groups in total. The number of rotatable bonds is 5. The fraction of sp³-hybridized carbons (Fsp3) is 0.882. The number of hydrogen-bond donors (Lipinski definition) is 0. The number of carbonyl (C=O) groups excluding carboxylic acids is 2. The van der Waals surface area contributed by atoms with Gasteiger partial charge in [0.25, 0.3) is 0 Å². The van der Waals surface area contributed by atoms with E-state index in [1.807, 2.05) is 9.80 Å². The lowest BCUT2D eigenvalue weighted by Gasteiger charge is -2.43. The minimum Gasteiger partial charge on any atom is -0.384 e. The van der Waals surface area contributed by atoms with Crippen LogP contribution >= 0.6 is 0 Å². The number of hydrogen-bond acceptors (Lipinski definition) is 3. The number of ether oxygens (including phenoxy) is 1. The van der Waals surface area contributed by atoms with Crippen LogP contribution in [0.5, 0.6) is 0 Å². The van der Waals surface area contributed by atoms with Gasteiger partial charge in [-0.15, -0.1) is 0 Å². The number of fused-ring (bicyclic) bond motifs is 1. The van der Waals surface area contributed by atoms with Crippen molar-refractivity contribution in [3.05, 3.63) is 0 Å². The number of likely N-dealkylation sites (tertiary alicyclic amines) is 2. The second-order valence-electron chi connectivity index (χ2n) is 7.41. The summed E-state index contributed by atoms with van der Waals surface area (Å²) in [5.41, 5.74) is 0.0370. The zero-order valence-electron chi connectivity index (χ0n) is 14.4. The molecule has 2 aliphatic heterocycles. The second-order valence-corrected chi connectivity index (χ2v) is 7.41. The van der Waals surface area contributed by atoms with Crippen LogP contribution in [0.2, 0.25) is 0 Å². The molecular weight excluding hydrogens is 280 g/mol. The summed E-state index contributed by atoms with van der Waals surface area (Å²) < 4.78 is 5.45. The van der Waals surface area contributed by atoms with Gasteiger partial charge in [-0.3, -0.25) is 9.59 Å². The molecule has 0 aromatic heterocycles. The van der Waals surface area contributed by atoms with Gasteiger partial charge in [-0.05, 0) is 18.8 Å². The molecule has 0 aliphatic carbocycles. The fourth-order valence-electron chi connectivity index (χ4n) is 3.84. The monoisotopic (exact) mass is 310 g/mol. The lowest BCUT2D eigenvalue weighted by atomic mass is 9.73. The molecular formula is C17H30N2O3. The van der Waals surface area contributed by atoms with Crippen LogP contribution in [0.15, 0.2) is 0 Å². The minimum absolute atomic E-state index is 0.0370. The van der Waals surface area contributed by atoms with Gasteiger partial charge in [0.15, 0.2) is 0 Å². The molecule has 0 saturated carbocycles. The maximum Gasteiger partial charge on any atom is 0.222 e. The van der Waals surface area contributed by atoms with E-state index in [2.05, 4.69) is 13.8 Å². The zero-order chi connectivity index (χ0) is 16.3. The van der Waals surface area contributed by atoms with Crippen molar-refractivity contribution < 1.29 is 14.3 Å². The Hall–Kier alpha value is -1.10. The first kappa shape index (κ1) is 17.3. The van der Waals surface area contributed by atoms with Gasteiger partial charge in [-0.25, -0.2) is 0 Å². The Labute approximate surface area is 134 Å². The summed E-state index contributed by atoms with van der Waals surface area (Å²) in [4.78, 5) is 28.0. The number of nitrogens with zero attached hydrogens (tertiary/aromatic N) is 2. The van der Waals surface area contributed by atoms with Gasteiger partial charge in [0.05, 0.1) is 6.61 Å². The predicted octanol–water partition coefficient (Wildman–Crippen LogP) is 1.77. The average Bonchev–Trinajstić information content (AvgIpc) is 2.83. The highest BCUT2D eigenvalue weighted by Gasteiger charge is 2.50. The summed E-state index contributed by atoms with van der Waals surface area (Å²) in [6.07, 6.45) is 2.52. The van der Waals surface area contributed by atoms with Crippen LogP contribution in [0.1, 0.15) is 40.0 Å². The van der Waals surface area contributed by atoms with E-state index < -0.39 is 0 Å². The third-order valence-electron chi connectivity index (χ3n) is 5.30. The summed E-state index contributed by atoms with van der Waals surface area (Å²) >= 11 is 0. The van der Waals surface area contributed by atoms with Crippen molar-refractivity contribution in [2.75, 3.05) is 39.9 Å². The van der Waals surface area contributed by atoms with E-state index in [0.717, 1.165) is 39.0 Å². The van der Waals surface area contributed by atoms with E-state index in [1.54, 1.807) is 14.0 Å². The molecule has 126 valence electrons. The van der Waals surface area contributed by atoms with Crippen molar-refractivity contribution in [2.24, 2.45) is 17.3 Å². The Balaban J connectivity index is 2.01. The molecule has 2 amide bonds. The van der Waals surface area contributed by atoms with Crippen molar-refractivity contribution in [2.45, 2.75) is 40.0 Å². The third-order valence-corrected chi connectivity index (χ3v) is 5.30. The molecule has 0 aromatic rings. The van der Waals surface area contributed by atoms with E-state index in [1.165, 1.54) is 0 Å². The lowest BCUT2D eigenvalue weighted by molar-refractivity contribution is -0.136. The molecule has 2 rings (SSSR count). The summed E-state index contributed by atoms with van der Waals surface area (Å²) in [6.45, 7) is 9.69. The fourth-order valence-corrected chi connectivity index (χ4v) is 3.84. The van der Waals surface area contributed by atoms with Crippen molar-refractivity contribution in [1.82, 2.24) is 9.80 Å². The normalized spacial score (nSPS) is 28.1. The van der Waals surface area contributed by atoms with Gasteiger partial charge >= 0.3 is 0 Å². The number of amides is 2. The van der Waals surface area contributed by atoms with Gasteiger partial charge in [0, 0.05) is 58.0 Å². The van der Waals surface area contributed by atoms with Crippen molar-refractivity contribution in [1.29, 1.82) is 0 Å². The molecule has 0 aromatic carbocycles. The molecule has 2 atom stereocenters. The van der Waals surface area contributed by atoms with Crippen LogP contribution in [-0.2, 0) is 14.3 Å². The zero-order valence-corrected chi connectivity index (χ0v) is 14.4. The minimum atomic E-state index is 0.0370. The van der Waals surface area contributed by atoms with Gasteiger partial charge in [-0.2, -0.15) is 0 Å². The summed E-state index contributed by atoms with van der Waals surface area (Å²) in [5, 5.41) is 0. The molecule has 0 bridgehead atoms. The third kappa shape index (κ3) is 3.62. The molecule has 5 heteroatoms. The van der Waals surface area contributed by atoms with Crippen LogP contribution in [-0.4, -0.2) is 61.5 Å². The Morgan fingerprint density at radius 3 is 2.55 bits per heavy atom. The number of methoxy groups -OCH3 is 1. The van der Waals surface area contributed by atoms with E-state index in [0.29, 0.717) is 24.9 Å². The topological polar surface area (TPSA) is 49.9 Å². The lowest BCUT2D eigenvalue weighted by Crippen LogP contribution is -2.50. The van der Waals surface area contributed by atoms with Crippen LogP contribution in [0.25, 0.3) is 0 Å². The molecule has 0 spiro atoms. The average molecular weight is 310 g/mol. The van der Waals surface area contributed by atoms with Crippen molar-refractivity contribution in [3.8, 4) is 0 Å². The van der Waals surface area contributed by atoms with E-state index in [9.17, 15) is 9.59 Å². The Morgan fingerprint density at radius 1 is 1.27 bits per heavy atom. The second kappa shape index (κ2) is 6.99. The quantitative estimate of drug-likeness (QED) is 0.777. The van der Waals surface area contributed by atoms with E-state index >= 15 is 0 Å². The maximum atomic E-state index is 12.4. The molecule has 2 unspecified atom stereocenters. The highest BCUT2D eigenvalue weighted by Crippen LogP contribution is 2.43. The Morgan fingerprint density at radius 2 is 1.95 bits per heavy atom. The highest BCUT2D eigenvalue weighted by molar-refractivity contribution is 5.76. The van der Waals surface area contributed by atoms with Crippen LogP contribution in [0.3, 0.4) is 0 Å². The Kier molecular flexibility index (Phi) is 5.48. The largest absolute Gasteiger partial charge is 0.384 e. The number of carbonyl (C=O) groups is 2. The Bertz CT molecular complexity index is 424. The van der Waals surface area contributed by atoms with Gasteiger partial charge in [-0.1, -0.05) is 13.8 Å². The standard InChI is InChI=1S/C17H30N2O3/c1-13(2)5-6-16(21)18-8-7-17(12-22-4)11-19(14(3)20)10-15(17)9-18/h13,15H,5-12H2,1-4H3. The smallest absolute Gasteiger partial charge is 0.222 e. The van der Waals surface area contributed by atoms with Crippen LogP contribution in [0, 0.1) is 17.3 Å². The van der Waals surface area contributed by atoms with Crippen molar-refractivity contribution in [3.63, 3.8) is 0 Å². The molecule has 0 radical (unpaired) electrons. The first-order valence-corrected chi connectivity index (χ1v) is 8.40. The van der Waals surface area contributed by atoms with E-state index in [4.69, 9.17) is 4.74 Å². The predicted molar refractivity (Wildman–Crippen MR) is 85.3 cm³/mol. The van der Waals surface area contributed by atoms with Crippen molar-refractivity contribution >= 4 is 11.8 Å². The molecule has 5 nitrogen and oxygen atoms in total. The number of piperidine rings is 1. The first-order valence-electron chi connectivity index (χ1n) is 8.40. The molecule has 22 heavy (non-hydrogen) atoms. The molecule has 2 saturated heterocycles. The molecule has 2 fully saturated rings. The highest BCUT2D eigenvalue weighted by atomic mass is 16.5. The van der Waals surface area contributed by atoms with Gasteiger partial charge < -0.3 is 14.5 Å². The first-order chi connectivity index (χ1) is 10.4. The molecule has 2 heterocycles. The summed E-state index contributed by atoms with van der Waals surface area (Å²) in [7, 11) is 1.72. The summed E-state index contributed by atoms with van der Waals surface area (Å²) in [5.74, 6) is 1.29. The summed E-state index contributed by atoms with van der Waals surface area (Å²) in [6, 6.07) is 0.